The fourth-order valence-corrected chi connectivity index (χ4v) is 3.08. The van der Waals surface area contributed by atoms with Crippen LogP contribution in [-0.4, -0.2) is 32.1 Å². The maximum Gasteiger partial charge on any atom is 0.188 e. The first kappa shape index (κ1) is 17.4. The number of nitrogens with two attached hydrogens (primary N) is 1. The van der Waals surface area contributed by atoms with E-state index in [1.807, 2.05) is 0 Å². The third-order valence-electron chi connectivity index (χ3n) is 4.72. The maximum absolute atomic E-state index is 5.95. The first-order chi connectivity index (χ1) is 10.3. The van der Waals surface area contributed by atoms with Crippen LogP contribution in [0.2, 0.25) is 0 Å². The van der Waals surface area contributed by atoms with E-state index in [1.165, 1.54) is 31.4 Å². The summed E-state index contributed by atoms with van der Waals surface area (Å²) < 4.78 is 0. The molecule has 2 aliphatic rings. The average Bonchev–Trinajstić information content (AvgIpc) is 2.93. The molecule has 22 heavy (non-hydrogen) atoms. The van der Waals surface area contributed by atoms with Gasteiger partial charge in [-0.3, -0.25) is 4.99 Å². The van der Waals surface area contributed by atoms with E-state index in [-0.39, 0.29) is 24.0 Å². The van der Waals surface area contributed by atoms with Crippen molar-refractivity contribution >= 4 is 35.6 Å². The SMILES string of the molecule is I.NC(=NCC1CCN(c2ccccc2)C1)NCC1CCC1. The maximum atomic E-state index is 5.95. The number of nitrogens with zero attached hydrogens (tertiary/aromatic N) is 2. The standard InChI is InChI=1S/C17H26N4.HI/c18-17(19-11-14-5-4-6-14)20-12-15-9-10-21(13-15)16-7-2-1-3-8-16;/h1-3,7-8,14-15H,4-6,9-13H2,(H3,18,19,20);1H. The van der Waals surface area contributed by atoms with Crippen molar-refractivity contribution in [3.05, 3.63) is 30.3 Å². The molecule has 1 aromatic carbocycles. The lowest BCUT2D eigenvalue weighted by molar-refractivity contribution is 0.315. The van der Waals surface area contributed by atoms with Gasteiger partial charge in [0.15, 0.2) is 5.96 Å². The number of halogens is 1. The van der Waals surface area contributed by atoms with Gasteiger partial charge in [0, 0.05) is 31.9 Å². The zero-order valence-electron chi connectivity index (χ0n) is 13.1. The van der Waals surface area contributed by atoms with Crippen LogP contribution in [0.25, 0.3) is 0 Å². The van der Waals surface area contributed by atoms with Gasteiger partial charge in [-0.25, -0.2) is 0 Å². The lowest BCUT2D eigenvalue weighted by Crippen LogP contribution is -2.37. The van der Waals surface area contributed by atoms with Crippen molar-refractivity contribution in [3.63, 3.8) is 0 Å². The summed E-state index contributed by atoms with van der Waals surface area (Å²) in [4.78, 5) is 6.96. The second-order valence-electron chi connectivity index (χ2n) is 6.34. The van der Waals surface area contributed by atoms with Crippen molar-refractivity contribution in [1.82, 2.24) is 5.32 Å². The highest BCUT2D eigenvalue weighted by Gasteiger charge is 2.22. The van der Waals surface area contributed by atoms with Gasteiger partial charge in [0.1, 0.15) is 0 Å². The van der Waals surface area contributed by atoms with Crippen molar-refractivity contribution in [3.8, 4) is 0 Å². The molecule has 0 amide bonds. The molecule has 3 N–H and O–H groups in total. The Hall–Kier alpha value is -0.980. The van der Waals surface area contributed by atoms with Crippen LogP contribution in [0.3, 0.4) is 0 Å². The summed E-state index contributed by atoms with van der Waals surface area (Å²) in [6.45, 7) is 4.05. The Kier molecular flexibility index (Phi) is 6.79. The quantitative estimate of drug-likeness (QED) is 0.443. The van der Waals surface area contributed by atoms with Crippen LogP contribution in [0.5, 0.6) is 0 Å². The van der Waals surface area contributed by atoms with Gasteiger partial charge in [-0.1, -0.05) is 24.6 Å². The smallest absolute Gasteiger partial charge is 0.188 e. The summed E-state index contributed by atoms with van der Waals surface area (Å²) in [6.07, 6.45) is 5.26. The van der Waals surface area contributed by atoms with Crippen molar-refractivity contribution in [2.45, 2.75) is 25.7 Å². The van der Waals surface area contributed by atoms with E-state index in [4.69, 9.17) is 5.73 Å². The molecule has 0 radical (unpaired) electrons. The highest BCUT2D eigenvalue weighted by molar-refractivity contribution is 14.0. The minimum atomic E-state index is 0. The number of anilines is 1. The molecule has 2 fully saturated rings. The number of aliphatic imine (C=N–C) groups is 1. The Morgan fingerprint density at radius 1 is 1.18 bits per heavy atom. The highest BCUT2D eigenvalue weighted by atomic mass is 127. The normalized spacial score (nSPS) is 22.1. The predicted octanol–water partition coefficient (Wildman–Crippen LogP) is 2.84. The topological polar surface area (TPSA) is 53.6 Å². The van der Waals surface area contributed by atoms with Crippen LogP contribution in [-0.2, 0) is 0 Å². The number of nitrogens with one attached hydrogen (secondary N) is 1. The van der Waals surface area contributed by atoms with Crippen LogP contribution in [0.1, 0.15) is 25.7 Å². The van der Waals surface area contributed by atoms with Crippen molar-refractivity contribution < 1.29 is 0 Å². The van der Waals surface area contributed by atoms with Crippen molar-refractivity contribution in [2.75, 3.05) is 31.1 Å². The molecule has 3 rings (SSSR count). The molecule has 0 spiro atoms. The lowest BCUT2D eigenvalue weighted by atomic mass is 9.85. The van der Waals surface area contributed by atoms with E-state index >= 15 is 0 Å². The molecule has 1 unspecified atom stereocenters. The van der Waals surface area contributed by atoms with Gasteiger partial charge in [-0.05, 0) is 43.2 Å². The third kappa shape index (κ3) is 4.76. The van der Waals surface area contributed by atoms with Crippen molar-refractivity contribution in [1.29, 1.82) is 0 Å². The van der Waals surface area contributed by atoms with E-state index in [9.17, 15) is 0 Å². The fourth-order valence-electron chi connectivity index (χ4n) is 3.08. The van der Waals surface area contributed by atoms with Gasteiger partial charge in [0.05, 0.1) is 0 Å². The molecule has 1 atom stereocenters. The van der Waals surface area contributed by atoms with E-state index in [1.54, 1.807) is 0 Å². The molecule has 0 aromatic heterocycles. The minimum Gasteiger partial charge on any atom is -0.371 e. The van der Waals surface area contributed by atoms with E-state index in [2.05, 4.69) is 45.5 Å². The second-order valence-corrected chi connectivity index (χ2v) is 6.34. The Morgan fingerprint density at radius 2 is 1.95 bits per heavy atom. The second kappa shape index (κ2) is 8.60. The lowest BCUT2D eigenvalue weighted by Gasteiger charge is -2.25. The Labute approximate surface area is 150 Å². The van der Waals surface area contributed by atoms with Gasteiger partial charge in [-0.2, -0.15) is 0 Å². The zero-order chi connectivity index (χ0) is 14.5. The van der Waals surface area contributed by atoms with Crippen LogP contribution >= 0.6 is 24.0 Å². The monoisotopic (exact) mass is 414 g/mol. The number of para-hydroxylation sites is 1. The molecular formula is C17H27IN4. The van der Waals surface area contributed by atoms with Crippen LogP contribution in [0.15, 0.2) is 35.3 Å². The number of hydrogen-bond acceptors (Lipinski definition) is 2. The van der Waals surface area contributed by atoms with E-state index in [0.29, 0.717) is 11.9 Å². The molecule has 1 saturated carbocycles. The molecule has 5 heteroatoms. The Morgan fingerprint density at radius 3 is 2.64 bits per heavy atom. The van der Waals surface area contributed by atoms with Gasteiger partial charge < -0.3 is 16.0 Å². The van der Waals surface area contributed by atoms with Gasteiger partial charge in [0.2, 0.25) is 0 Å². The van der Waals surface area contributed by atoms with Gasteiger partial charge in [-0.15, -0.1) is 24.0 Å². The van der Waals surface area contributed by atoms with Crippen LogP contribution in [0, 0.1) is 11.8 Å². The summed E-state index contributed by atoms with van der Waals surface area (Å²) in [7, 11) is 0. The van der Waals surface area contributed by atoms with Gasteiger partial charge in [0.25, 0.3) is 0 Å². The number of benzene rings is 1. The summed E-state index contributed by atoms with van der Waals surface area (Å²) in [5, 5.41) is 3.27. The average molecular weight is 414 g/mol. The Bertz CT molecular complexity index is 473. The van der Waals surface area contributed by atoms with Crippen LogP contribution < -0.4 is 16.0 Å². The predicted molar refractivity (Wildman–Crippen MR) is 104 cm³/mol. The molecule has 122 valence electrons. The minimum absolute atomic E-state index is 0. The molecule has 0 bridgehead atoms. The van der Waals surface area contributed by atoms with E-state index < -0.39 is 0 Å². The van der Waals surface area contributed by atoms with Crippen LogP contribution in [0.4, 0.5) is 5.69 Å². The largest absolute Gasteiger partial charge is 0.371 e. The summed E-state index contributed by atoms with van der Waals surface area (Å²) in [5.41, 5.74) is 7.27. The van der Waals surface area contributed by atoms with Crippen molar-refractivity contribution in [2.24, 2.45) is 22.6 Å². The molecule has 1 aliphatic heterocycles. The Balaban J connectivity index is 0.00000176. The molecular weight excluding hydrogens is 387 g/mol. The van der Waals surface area contributed by atoms with E-state index in [0.717, 1.165) is 32.1 Å². The summed E-state index contributed by atoms with van der Waals surface area (Å²) in [5.74, 6) is 2.06. The summed E-state index contributed by atoms with van der Waals surface area (Å²) in [6, 6.07) is 10.6. The molecule has 4 nitrogen and oxygen atoms in total. The molecule has 1 aromatic rings. The zero-order valence-corrected chi connectivity index (χ0v) is 15.4. The third-order valence-corrected chi connectivity index (χ3v) is 4.72. The first-order valence-corrected chi connectivity index (χ1v) is 8.15. The summed E-state index contributed by atoms with van der Waals surface area (Å²) >= 11 is 0. The highest BCUT2D eigenvalue weighted by Crippen LogP contribution is 2.25. The van der Waals surface area contributed by atoms with Gasteiger partial charge >= 0.3 is 0 Å². The molecule has 1 heterocycles. The number of hydrogen-bond donors (Lipinski definition) is 2. The molecule has 1 saturated heterocycles. The fraction of sp³-hybridized carbons (Fsp3) is 0.588. The number of rotatable bonds is 5. The first-order valence-electron chi connectivity index (χ1n) is 8.15. The molecule has 1 aliphatic carbocycles. The number of guanidine groups is 1.